The molecule has 3 aromatic rings. The van der Waals surface area contributed by atoms with Crippen molar-refractivity contribution < 1.29 is 18.7 Å². The molecule has 4 rings (SSSR count). The topological polar surface area (TPSA) is 73.6 Å². The first-order valence-corrected chi connectivity index (χ1v) is 9.44. The van der Waals surface area contributed by atoms with Crippen LogP contribution in [0.3, 0.4) is 0 Å². The zero-order valence-corrected chi connectivity index (χ0v) is 15.8. The number of aryl methyl sites for hydroxylation is 2. The van der Waals surface area contributed by atoms with Crippen LogP contribution in [-0.2, 0) is 17.6 Å². The molecule has 1 aliphatic rings. The summed E-state index contributed by atoms with van der Waals surface area (Å²) in [5.74, 6) is -1.41. The molecule has 2 aromatic carbocycles. The molecule has 28 heavy (non-hydrogen) atoms. The SMILES string of the molecule is O=C(COC(=O)c1cc(=O)c2cc(Cl)ccc2o1)c1ccc2c(c1)CCCC2. The van der Waals surface area contributed by atoms with E-state index in [0.29, 0.717) is 10.6 Å². The van der Waals surface area contributed by atoms with Crippen molar-refractivity contribution in [3.63, 3.8) is 0 Å². The van der Waals surface area contributed by atoms with Crippen molar-refractivity contribution >= 4 is 34.3 Å². The first-order valence-electron chi connectivity index (χ1n) is 9.07. The number of carbonyl (C=O) groups is 2. The minimum Gasteiger partial charge on any atom is -0.451 e. The Bertz CT molecular complexity index is 1150. The van der Waals surface area contributed by atoms with Gasteiger partial charge in [-0.25, -0.2) is 4.79 Å². The highest BCUT2D eigenvalue weighted by Crippen LogP contribution is 2.22. The fourth-order valence-electron chi connectivity index (χ4n) is 3.42. The maximum Gasteiger partial charge on any atom is 0.374 e. The van der Waals surface area contributed by atoms with Crippen molar-refractivity contribution in [2.75, 3.05) is 6.61 Å². The van der Waals surface area contributed by atoms with Gasteiger partial charge in [0.25, 0.3) is 0 Å². The molecular formula is C22H17ClO5. The number of halogens is 1. The number of esters is 1. The number of benzene rings is 2. The fourth-order valence-corrected chi connectivity index (χ4v) is 3.59. The molecule has 0 aliphatic heterocycles. The van der Waals surface area contributed by atoms with Crippen LogP contribution in [0.2, 0.25) is 5.02 Å². The van der Waals surface area contributed by atoms with Crippen molar-refractivity contribution in [2.24, 2.45) is 0 Å². The van der Waals surface area contributed by atoms with Gasteiger partial charge < -0.3 is 9.15 Å². The average Bonchev–Trinajstić information content (AvgIpc) is 2.71. The van der Waals surface area contributed by atoms with E-state index in [1.807, 2.05) is 12.1 Å². The van der Waals surface area contributed by atoms with E-state index in [0.717, 1.165) is 25.3 Å². The van der Waals surface area contributed by atoms with Crippen LogP contribution in [0.5, 0.6) is 0 Å². The Kier molecular flexibility index (Phi) is 5.01. The normalized spacial score (nSPS) is 13.2. The summed E-state index contributed by atoms with van der Waals surface area (Å²) in [5.41, 5.74) is 2.80. The van der Waals surface area contributed by atoms with Crippen LogP contribution in [0.15, 0.2) is 51.7 Å². The molecule has 0 amide bonds. The Morgan fingerprint density at radius 1 is 1.00 bits per heavy atom. The Morgan fingerprint density at radius 2 is 1.79 bits per heavy atom. The molecule has 0 fully saturated rings. The second-order valence-corrected chi connectivity index (χ2v) is 7.24. The van der Waals surface area contributed by atoms with Crippen LogP contribution in [0, 0.1) is 0 Å². The standard InChI is InChI=1S/C22H17ClO5/c23-16-7-8-20-17(10-16)18(24)11-21(28-20)22(26)27-12-19(25)15-6-5-13-3-1-2-4-14(13)9-15/h5-11H,1-4,12H2. The quantitative estimate of drug-likeness (QED) is 0.483. The number of carbonyl (C=O) groups excluding carboxylic acids is 2. The summed E-state index contributed by atoms with van der Waals surface area (Å²) >= 11 is 5.87. The number of Topliss-reactive ketones (excluding diaryl/α,β-unsaturated/α-hetero) is 1. The third-order valence-electron chi connectivity index (χ3n) is 4.90. The molecule has 142 valence electrons. The van der Waals surface area contributed by atoms with E-state index in [1.165, 1.54) is 29.7 Å². The van der Waals surface area contributed by atoms with Crippen molar-refractivity contribution in [2.45, 2.75) is 25.7 Å². The van der Waals surface area contributed by atoms with Crippen LogP contribution in [0.25, 0.3) is 11.0 Å². The van der Waals surface area contributed by atoms with Gasteiger partial charge in [-0.15, -0.1) is 0 Å². The van der Waals surface area contributed by atoms with E-state index in [9.17, 15) is 14.4 Å². The lowest BCUT2D eigenvalue weighted by Gasteiger charge is -2.16. The summed E-state index contributed by atoms with van der Waals surface area (Å²) < 4.78 is 10.5. The maximum absolute atomic E-state index is 12.4. The van der Waals surface area contributed by atoms with E-state index in [4.69, 9.17) is 20.8 Å². The lowest BCUT2D eigenvalue weighted by Crippen LogP contribution is -2.16. The Hall–Kier alpha value is -2.92. The van der Waals surface area contributed by atoms with Crippen molar-refractivity contribution in [3.05, 3.63) is 80.2 Å². The van der Waals surface area contributed by atoms with E-state index in [2.05, 4.69) is 0 Å². The van der Waals surface area contributed by atoms with Gasteiger partial charge in [0.05, 0.1) is 5.39 Å². The predicted octanol–water partition coefficient (Wildman–Crippen LogP) is 4.36. The second kappa shape index (κ2) is 7.60. The van der Waals surface area contributed by atoms with Gasteiger partial charge in [0.2, 0.25) is 5.76 Å². The largest absolute Gasteiger partial charge is 0.451 e. The van der Waals surface area contributed by atoms with Gasteiger partial charge in [-0.2, -0.15) is 0 Å². The van der Waals surface area contributed by atoms with E-state index >= 15 is 0 Å². The van der Waals surface area contributed by atoms with Gasteiger partial charge >= 0.3 is 5.97 Å². The van der Waals surface area contributed by atoms with Gasteiger partial charge in [0.1, 0.15) is 5.58 Å². The molecule has 6 heteroatoms. The first kappa shape index (κ1) is 18.4. The first-order chi connectivity index (χ1) is 13.5. The fraction of sp³-hybridized carbons (Fsp3) is 0.227. The van der Waals surface area contributed by atoms with Crippen molar-refractivity contribution in [1.29, 1.82) is 0 Å². The monoisotopic (exact) mass is 396 g/mol. The molecule has 0 N–H and O–H groups in total. The number of ether oxygens (including phenoxy) is 1. The molecular weight excluding hydrogens is 380 g/mol. The highest BCUT2D eigenvalue weighted by atomic mass is 35.5. The lowest BCUT2D eigenvalue weighted by molar-refractivity contribution is 0.0444. The smallest absolute Gasteiger partial charge is 0.374 e. The minimum absolute atomic E-state index is 0.227. The molecule has 1 aliphatic carbocycles. The van der Waals surface area contributed by atoms with Gasteiger partial charge in [-0.3, -0.25) is 9.59 Å². The second-order valence-electron chi connectivity index (χ2n) is 6.81. The van der Waals surface area contributed by atoms with Crippen LogP contribution < -0.4 is 5.43 Å². The van der Waals surface area contributed by atoms with E-state index < -0.39 is 18.0 Å². The Labute approximate surface area is 165 Å². The molecule has 1 aromatic heterocycles. The number of hydrogen-bond donors (Lipinski definition) is 0. The van der Waals surface area contributed by atoms with Gasteiger partial charge in [0, 0.05) is 16.7 Å². The van der Waals surface area contributed by atoms with Crippen LogP contribution in [-0.4, -0.2) is 18.4 Å². The summed E-state index contributed by atoms with van der Waals surface area (Å²) in [5, 5.41) is 0.667. The number of rotatable bonds is 4. The zero-order chi connectivity index (χ0) is 19.7. The average molecular weight is 397 g/mol. The molecule has 0 spiro atoms. The van der Waals surface area contributed by atoms with Crippen LogP contribution in [0.4, 0.5) is 0 Å². The van der Waals surface area contributed by atoms with Gasteiger partial charge in [-0.1, -0.05) is 23.7 Å². The van der Waals surface area contributed by atoms with E-state index in [1.54, 1.807) is 12.1 Å². The molecule has 0 atom stereocenters. The molecule has 1 heterocycles. The van der Waals surface area contributed by atoms with Gasteiger partial charge in [0.15, 0.2) is 17.8 Å². The van der Waals surface area contributed by atoms with Crippen molar-refractivity contribution in [1.82, 2.24) is 0 Å². The summed E-state index contributed by atoms with van der Waals surface area (Å²) in [7, 11) is 0. The molecule has 0 bridgehead atoms. The highest BCUT2D eigenvalue weighted by molar-refractivity contribution is 6.31. The van der Waals surface area contributed by atoms with Crippen LogP contribution in [0.1, 0.15) is 44.9 Å². The minimum atomic E-state index is -0.861. The Morgan fingerprint density at radius 3 is 2.61 bits per heavy atom. The van der Waals surface area contributed by atoms with E-state index in [-0.39, 0.29) is 22.5 Å². The zero-order valence-electron chi connectivity index (χ0n) is 15.0. The van der Waals surface area contributed by atoms with Crippen LogP contribution >= 0.6 is 11.6 Å². The third kappa shape index (κ3) is 3.71. The number of hydrogen-bond acceptors (Lipinski definition) is 5. The highest BCUT2D eigenvalue weighted by Gasteiger charge is 2.18. The molecule has 0 radical (unpaired) electrons. The Balaban J connectivity index is 1.48. The summed E-state index contributed by atoms with van der Waals surface area (Å²) in [6.45, 7) is -0.417. The van der Waals surface area contributed by atoms with Gasteiger partial charge in [-0.05, 0) is 61.1 Å². The maximum atomic E-state index is 12.4. The summed E-state index contributed by atoms with van der Waals surface area (Å²) in [6.07, 6.45) is 4.28. The predicted molar refractivity (Wildman–Crippen MR) is 105 cm³/mol. The number of fused-ring (bicyclic) bond motifs is 2. The third-order valence-corrected chi connectivity index (χ3v) is 5.13. The molecule has 0 saturated carbocycles. The number of ketones is 1. The molecule has 5 nitrogen and oxygen atoms in total. The molecule has 0 saturated heterocycles. The summed E-state index contributed by atoms with van der Waals surface area (Å²) in [4.78, 5) is 36.8. The summed E-state index contributed by atoms with van der Waals surface area (Å²) in [6, 6.07) is 11.2. The molecule has 0 unspecified atom stereocenters. The van der Waals surface area contributed by atoms with Crippen molar-refractivity contribution in [3.8, 4) is 0 Å². The lowest BCUT2D eigenvalue weighted by atomic mass is 9.90.